The summed E-state index contributed by atoms with van der Waals surface area (Å²) in [6, 6.07) is 13.7. The molecule has 33 heavy (non-hydrogen) atoms. The zero-order chi connectivity index (χ0) is 23.7. The van der Waals surface area contributed by atoms with E-state index in [4.69, 9.17) is 0 Å². The van der Waals surface area contributed by atoms with Gasteiger partial charge in [-0.25, -0.2) is 0 Å². The number of halogens is 3. The van der Waals surface area contributed by atoms with E-state index >= 15 is 0 Å². The van der Waals surface area contributed by atoms with Gasteiger partial charge < -0.3 is 9.29 Å². The van der Waals surface area contributed by atoms with Crippen molar-refractivity contribution in [3.05, 3.63) is 82.9 Å². The molecular formula is C23H11F3O6S. The molecule has 1 aliphatic carbocycles. The fraction of sp³-hybridized carbons (Fsp3) is 0.0435. The number of hydrogen-bond donors (Lipinski definition) is 1. The molecular weight excluding hydrogens is 461 g/mol. The van der Waals surface area contributed by atoms with Gasteiger partial charge in [0.05, 0.1) is 0 Å². The average molecular weight is 472 g/mol. The minimum absolute atomic E-state index is 0.00947. The van der Waals surface area contributed by atoms with E-state index in [1.54, 1.807) is 12.1 Å². The second kappa shape index (κ2) is 6.79. The van der Waals surface area contributed by atoms with Crippen LogP contribution in [0.1, 0.15) is 31.8 Å². The van der Waals surface area contributed by atoms with Crippen LogP contribution in [-0.4, -0.2) is 30.6 Å². The van der Waals surface area contributed by atoms with Crippen molar-refractivity contribution in [2.24, 2.45) is 0 Å². The van der Waals surface area contributed by atoms with E-state index in [1.165, 1.54) is 36.4 Å². The molecule has 166 valence electrons. The Kier molecular flexibility index (Phi) is 4.31. The van der Waals surface area contributed by atoms with Crippen LogP contribution in [-0.2, 0) is 10.1 Å². The highest BCUT2D eigenvalue weighted by Gasteiger charge is 2.48. The Balaban J connectivity index is 1.64. The molecule has 4 aromatic rings. The van der Waals surface area contributed by atoms with Crippen LogP contribution in [0.5, 0.6) is 11.5 Å². The van der Waals surface area contributed by atoms with E-state index in [0.29, 0.717) is 16.2 Å². The predicted molar refractivity (Wildman–Crippen MR) is 112 cm³/mol. The summed E-state index contributed by atoms with van der Waals surface area (Å²) < 4.78 is 64.6. The molecule has 0 aromatic heterocycles. The monoisotopic (exact) mass is 472 g/mol. The third-order valence-electron chi connectivity index (χ3n) is 5.38. The van der Waals surface area contributed by atoms with Crippen LogP contribution < -0.4 is 4.18 Å². The second-order valence-electron chi connectivity index (χ2n) is 7.48. The van der Waals surface area contributed by atoms with Crippen LogP contribution in [0.3, 0.4) is 0 Å². The Morgan fingerprint density at radius 2 is 1.12 bits per heavy atom. The van der Waals surface area contributed by atoms with Gasteiger partial charge in [-0.1, -0.05) is 12.1 Å². The Hall–Kier alpha value is -3.92. The lowest BCUT2D eigenvalue weighted by atomic mass is 9.81. The fourth-order valence-corrected chi connectivity index (χ4v) is 4.28. The molecule has 4 aromatic carbocycles. The maximum Gasteiger partial charge on any atom is 0.534 e. The molecule has 0 fully saturated rings. The molecule has 0 saturated carbocycles. The van der Waals surface area contributed by atoms with Crippen LogP contribution in [0.25, 0.3) is 21.5 Å². The van der Waals surface area contributed by atoms with E-state index in [2.05, 4.69) is 4.18 Å². The van der Waals surface area contributed by atoms with Gasteiger partial charge in [0.2, 0.25) is 0 Å². The third-order valence-corrected chi connectivity index (χ3v) is 6.36. The summed E-state index contributed by atoms with van der Waals surface area (Å²) in [7, 11) is -5.86. The SMILES string of the molecule is O=C1c2cc3ccc(O)cc3cc2C(=O)c2cc3cc(OS(=O)(=O)C(F)(F)F)ccc3cc21. The summed E-state index contributed by atoms with van der Waals surface area (Å²) in [5, 5.41) is 11.5. The number of hydrogen-bond acceptors (Lipinski definition) is 6. The average Bonchev–Trinajstić information content (AvgIpc) is 2.74. The number of ketones is 2. The van der Waals surface area contributed by atoms with Gasteiger partial charge >= 0.3 is 15.6 Å². The molecule has 0 heterocycles. The van der Waals surface area contributed by atoms with Gasteiger partial charge in [0, 0.05) is 22.3 Å². The normalized spacial score (nSPS) is 13.8. The van der Waals surface area contributed by atoms with Gasteiger partial charge in [0.15, 0.2) is 11.6 Å². The topological polar surface area (TPSA) is 97.7 Å². The molecule has 0 saturated heterocycles. The first-order valence-electron chi connectivity index (χ1n) is 9.39. The van der Waals surface area contributed by atoms with Crippen molar-refractivity contribution >= 4 is 43.2 Å². The van der Waals surface area contributed by atoms with Gasteiger partial charge in [-0.05, 0) is 70.1 Å². The molecule has 0 bridgehead atoms. The number of carbonyl (C=O) groups excluding carboxylic acids is 2. The van der Waals surface area contributed by atoms with Crippen molar-refractivity contribution in [3.8, 4) is 11.5 Å². The lowest BCUT2D eigenvalue weighted by molar-refractivity contribution is -0.0500. The van der Waals surface area contributed by atoms with Gasteiger partial charge in [0.25, 0.3) is 0 Å². The molecule has 0 aliphatic heterocycles. The Labute approximate surface area is 184 Å². The highest BCUT2D eigenvalue weighted by atomic mass is 32.2. The molecule has 5 rings (SSSR count). The Morgan fingerprint density at radius 3 is 1.64 bits per heavy atom. The predicted octanol–water partition coefficient (Wildman–Crippen LogP) is 4.70. The minimum Gasteiger partial charge on any atom is -0.508 e. The Bertz CT molecular complexity index is 1640. The summed E-state index contributed by atoms with van der Waals surface area (Å²) in [6.45, 7) is 0. The van der Waals surface area contributed by atoms with Crippen molar-refractivity contribution < 1.29 is 40.5 Å². The van der Waals surface area contributed by atoms with Crippen molar-refractivity contribution in [1.82, 2.24) is 0 Å². The highest BCUT2D eigenvalue weighted by molar-refractivity contribution is 7.88. The number of carbonyl (C=O) groups is 2. The standard InChI is InChI=1S/C23H11F3O6S/c24-23(25,26)33(30,31)32-16-4-2-12-8-18-20(10-14(12)6-16)22(29)19-9-13-5-15(27)3-1-11(13)7-17(19)21(18)28/h1-10,27H. The summed E-state index contributed by atoms with van der Waals surface area (Å²) >= 11 is 0. The second-order valence-corrected chi connectivity index (χ2v) is 9.02. The quantitative estimate of drug-likeness (QED) is 0.295. The van der Waals surface area contributed by atoms with E-state index in [0.717, 1.165) is 12.1 Å². The highest BCUT2D eigenvalue weighted by Crippen LogP contribution is 2.35. The van der Waals surface area contributed by atoms with Crippen molar-refractivity contribution in [1.29, 1.82) is 0 Å². The third kappa shape index (κ3) is 3.30. The van der Waals surface area contributed by atoms with Crippen molar-refractivity contribution in [2.45, 2.75) is 5.51 Å². The van der Waals surface area contributed by atoms with Gasteiger partial charge in [-0.15, -0.1) is 0 Å². The summed E-state index contributed by atoms with van der Waals surface area (Å²) in [4.78, 5) is 26.3. The maximum atomic E-state index is 13.2. The van der Waals surface area contributed by atoms with E-state index in [-0.39, 0.29) is 33.4 Å². The molecule has 1 aliphatic rings. The van der Waals surface area contributed by atoms with Crippen LogP contribution in [0.15, 0.2) is 60.7 Å². The molecule has 0 spiro atoms. The first-order valence-corrected chi connectivity index (χ1v) is 10.8. The molecule has 0 amide bonds. The molecule has 0 unspecified atom stereocenters. The lowest BCUT2D eigenvalue weighted by Gasteiger charge is -2.19. The summed E-state index contributed by atoms with van der Waals surface area (Å²) in [5.74, 6) is -1.49. The van der Waals surface area contributed by atoms with Gasteiger partial charge in [-0.3, -0.25) is 9.59 Å². The molecule has 0 radical (unpaired) electrons. The van der Waals surface area contributed by atoms with E-state index in [1.807, 2.05) is 0 Å². The molecule has 0 atom stereocenters. The van der Waals surface area contributed by atoms with Crippen molar-refractivity contribution in [2.75, 3.05) is 0 Å². The van der Waals surface area contributed by atoms with Gasteiger partial charge in [0.1, 0.15) is 11.5 Å². The van der Waals surface area contributed by atoms with Crippen LogP contribution in [0, 0.1) is 0 Å². The number of fused-ring (bicyclic) bond motifs is 4. The number of benzene rings is 4. The number of phenols is 1. The first-order chi connectivity index (χ1) is 15.4. The van der Waals surface area contributed by atoms with Crippen LogP contribution >= 0.6 is 0 Å². The summed E-state index contributed by atoms with van der Waals surface area (Å²) in [5.41, 5.74) is -5.13. The zero-order valence-electron chi connectivity index (χ0n) is 16.3. The number of phenolic OH excluding ortho intramolecular Hbond substituents is 1. The van der Waals surface area contributed by atoms with Crippen LogP contribution in [0.2, 0.25) is 0 Å². The summed E-state index contributed by atoms with van der Waals surface area (Å²) in [6.07, 6.45) is 0. The molecule has 6 nitrogen and oxygen atoms in total. The number of alkyl halides is 3. The first kappa shape index (κ1) is 21.0. The van der Waals surface area contributed by atoms with E-state index < -0.39 is 32.9 Å². The van der Waals surface area contributed by atoms with Crippen LogP contribution in [0.4, 0.5) is 13.2 Å². The smallest absolute Gasteiger partial charge is 0.508 e. The molecule has 1 N–H and O–H groups in total. The van der Waals surface area contributed by atoms with Crippen molar-refractivity contribution in [3.63, 3.8) is 0 Å². The number of rotatable bonds is 2. The largest absolute Gasteiger partial charge is 0.534 e. The van der Waals surface area contributed by atoms with Gasteiger partial charge in [-0.2, -0.15) is 21.6 Å². The van der Waals surface area contributed by atoms with E-state index in [9.17, 15) is 36.3 Å². The maximum absolute atomic E-state index is 13.2. The zero-order valence-corrected chi connectivity index (χ0v) is 17.1. The fourth-order valence-electron chi connectivity index (χ4n) is 3.83. The minimum atomic E-state index is -5.86. The molecule has 10 heteroatoms. The lowest BCUT2D eigenvalue weighted by Crippen LogP contribution is -2.28. The Morgan fingerprint density at radius 1 is 0.667 bits per heavy atom. The number of aromatic hydroxyl groups is 1.